The van der Waals surface area contributed by atoms with Crippen LogP contribution in [0.25, 0.3) is 0 Å². The SMILES string of the molecule is CC(C)CCOc1cc(/C(N)=N/O)ccn1. The van der Waals surface area contributed by atoms with Crippen LogP contribution < -0.4 is 10.5 Å². The number of rotatable bonds is 5. The summed E-state index contributed by atoms with van der Waals surface area (Å²) in [6.45, 7) is 4.87. The van der Waals surface area contributed by atoms with E-state index in [4.69, 9.17) is 15.7 Å². The lowest BCUT2D eigenvalue weighted by Crippen LogP contribution is -2.13. The monoisotopic (exact) mass is 223 g/mol. The van der Waals surface area contributed by atoms with Crippen LogP contribution in [-0.4, -0.2) is 22.6 Å². The van der Waals surface area contributed by atoms with Gasteiger partial charge in [-0.1, -0.05) is 19.0 Å². The summed E-state index contributed by atoms with van der Waals surface area (Å²) in [5.74, 6) is 1.13. The molecule has 88 valence electrons. The molecule has 1 aromatic heterocycles. The van der Waals surface area contributed by atoms with Crippen LogP contribution in [-0.2, 0) is 0 Å². The van der Waals surface area contributed by atoms with Gasteiger partial charge in [0.15, 0.2) is 5.84 Å². The van der Waals surface area contributed by atoms with Crippen LogP contribution in [0.2, 0.25) is 0 Å². The number of nitrogens with two attached hydrogens (primary N) is 1. The number of oxime groups is 1. The first-order chi connectivity index (χ1) is 7.63. The van der Waals surface area contributed by atoms with Crippen molar-refractivity contribution in [2.45, 2.75) is 20.3 Å². The lowest BCUT2D eigenvalue weighted by Gasteiger charge is -2.07. The molecule has 0 aliphatic carbocycles. The van der Waals surface area contributed by atoms with Crippen molar-refractivity contribution in [3.05, 3.63) is 23.9 Å². The Bertz CT molecular complexity index is 364. The molecule has 0 aliphatic rings. The molecule has 5 heteroatoms. The van der Waals surface area contributed by atoms with Crippen molar-refractivity contribution in [2.75, 3.05) is 6.61 Å². The molecule has 0 saturated carbocycles. The zero-order chi connectivity index (χ0) is 12.0. The molecular formula is C11H17N3O2. The van der Waals surface area contributed by atoms with Gasteiger partial charge in [0.05, 0.1) is 6.61 Å². The summed E-state index contributed by atoms with van der Waals surface area (Å²) in [5, 5.41) is 11.4. The molecular weight excluding hydrogens is 206 g/mol. The number of amidine groups is 1. The summed E-state index contributed by atoms with van der Waals surface area (Å²) in [6, 6.07) is 3.31. The fourth-order valence-corrected chi connectivity index (χ4v) is 1.10. The van der Waals surface area contributed by atoms with Gasteiger partial charge in [-0.3, -0.25) is 0 Å². The van der Waals surface area contributed by atoms with Gasteiger partial charge in [-0.2, -0.15) is 0 Å². The normalized spacial score (nSPS) is 11.8. The van der Waals surface area contributed by atoms with Crippen molar-refractivity contribution in [2.24, 2.45) is 16.8 Å². The number of pyridine rings is 1. The molecule has 0 amide bonds. The minimum absolute atomic E-state index is 0.0520. The Labute approximate surface area is 94.9 Å². The van der Waals surface area contributed by atoms with E-state index in [1.165, 1.54) is 0 Å². The molecule has 0 radical (unpaired) electrons. The van der Waals surface area contributed by atoms with E-state index in [-0.39, 0.29) is 5.84 Å². The molecule has 0 aliphatic heterocycles. The highest BCUT2D eigenvalue weighted by atomic mass is 16.5. The molecule has 5 nitrogen and oxygen atoms in total. The predicted octanol–water partition coefficient (Wildman–Crippen LogP) is 1.60. The smallest absolute Gasteiger partial charge is 0.213 e. The second-order valence-electron chi connectivity index (χ2n) is 3.90. The van der Waals surface area contributed by atoms with E-state index in [0.717, 1.165) is 6.42 Å². The van der Waals surface area contributed by atoms with E-state index < -0.39 is 0 Å². The topological polar surface area (TPSA) is 80.7 Å². The molecule has 3 N–H and O–H groups in total. The molecule has 16 heavy (non-hydrogen) atoms. The van der Waals surface area contributed by atoms with Crippen molar-refractivity contribution in [1.82, 2.24) is 4.98 Å². The third-order valence-corrected chi connectivity index (χ3v) is 2.08. The quantitative estimate of drug-likeness (QED) is 0.344. The number of nitrogens with zero attached hydrogens (tertiary/aromatic N) is 2. The van der Waals surface area contributed by atoms with Gasteiger partial charge in [0.25, 0.3) is 0 Å². The van der Waals surface area contributed by atoms with E-state index in [9.17, 15) is 0 Å². The zero-order valence-electron chi connectivity index (χ0n) is 9.55. The number of hydrogen-bond donors (Lipinski definition) is 2. The maximum absolute atomic E-state index is 8.53. The highest BCUT2D eigenvalue weighted by molar-refractivity contribution is 5.97. The van der Waals surface area contributed by atoms with Crippen molar-refractivity contribution >= 4 is 5.84 Å². The summed E-state index contributed by atoms with van der Waals surface area (Å²) < 4.78 is 5.45. The van der Waals surface area contributed by atoms with Crippen LogP contribution in [0.5, 0.6) is 5.88 Å². The number of aromatic nitrogens is 1. The fraction of sp³-hybridized carbons (Fsp3) is 0.455. The maximum Gasteiger partial charge on any atom is 0.213 e. The largest absolute Gasteiger partial charge is 0.478 e. The van der Waals surface area contributed by atoms with Crippen LogP contribution in [0.1, 0.15) is 25.8 Å². The van der Waals surface area contributed by atoms with E-state index in [1.54, 1.807) is 18.3 Å². The van der Waals surface area contributed by atoms with E-state index in [2.05, 4.69) is 24.0 Å². The molecule has 1 rings (SSSR count). The highest BCUT2D eigenvalue weighted by Crippen LogP contribution is 2.10. The van der Waals surface area contributed by atoms with Crippen molar-refractivity contribution in [1.29, 1.82) is 0 Å². The zero-order valence-corrected chi connectivity index (χ0v) is 9.55. The average molecular weight is 223 g/mol. The van der Waals surface area contributed by atoms with Gasteiger partial charge in [0.2, 0.25) is 5.88 Å². The second kappa shape index (κ2) is 5.95. The Morgan fingerprint density at radius 1 is 1.62 bits per heavy atom. The third kappa shape index (κ3) is 3.76. The Morgan fingerprint density at radius 3 is 3.00 bits per heavy atom. The first-order valence-corrected chi connectivity index (χ1v) is 5.20. The van der Waals surface area contributed by atoms with Crippen LogP contribution in [0, 0.1) is 5.92 Å². The second-order valence-corrected chi connectivity index (χ2v) is 3.90. The summed E-state index contributed by atoms with van der Waals surface area (Å²) in [4.78, 5) is 4.04. The highest BCUT2D eigenvalue weighted by Gasteiger charge is 2.02. The Hall–Kier alpha value is -1.78. The van der Waals surface area contributed by atoms with Crippen LogP contribution in [0.15, 0.2) is 23.5 Å². The minimum Gasteiger partial charge on any atom is -0.478 e. The molecule has 0 aromatic carbocycles. The molecule has 1 aromatic rings. The van der Waals surface area contributed by atoms with E-state index >= 15 is 0 Å². The average Bonchev–Trinajstić information content (AvgIpc) is 2.28. The maximum atomic E-state index is 8.53. The van der Waals surface area contributed by atoms with Gasteiger partial charge in [-0.05, 0) is 18.4 Å². The Balaban J connectivity index is 2.61. The van der Waals surface area contributed by atoms with Crippen LogP contribution in [0.4, 0.5) is 0 Å². The minimum atomic E-state index is 0.0520. The Morgan fingerprint density at radius 2 is 2.38 bits per heavy atom. The van der Waals surface area contributed by atoms with Gasteiger partial charge in [0, 0.05) is 17.8 Å². The molecule has 0 saturated heterocycles. The van der Waals surface area contributed by atoms with Crippen LogP contribution >= 0.6 is 0 Å². The first kappa shape index (κ1) is 12.3. The Kier molecular flexibility index (Phi) is 4.57. The summed E-state index contributed by atoms with van der Waals surface area (Å²) in [6.07, 6.45) is 2.54. The van der Waals surface area contributed by atoms with E-state index in [1.807, 2.05) is 0 Å². The third-order valence-electron chi connectivity index (χ3n) is 2.08. The summed E-state index contributed by atoms with van der Waals surface area (Å²) in [7, 11) is 0. The van der Waals surface area contributed by atoms with Crippen molar-refractivity contribution < 1.29 is 9.94 Å². The molecule has 0 fully saturated rings. The van der Waals surface area contributed by atoms with E-state index in [0.29, 0.717) is 24.0 Å². The van der Waals surface area contributed by atoms with Gasteiger partial charge in [-0.15, -0.1) is 0 Å². The molecule has 0 atom stereocenters. The predicted molar refractivity (Wildman–Crippen MR) is 61.7 cm³/mol. The van der Waals surface area contributed by atoms with Crippen molar-refractivity contribution in [3.8, 4) is 5.88 Å². The first-order valence-electron chi connectivity index (χ1n) is 5.20. The van der Waals surface area contributed by atoms with Gasteiger partial charge < -0.3 is 15.7 Å². The molecule has 0 unspecified atom stereocenters. The lowest BCUT2D eigenvalue weighted by atomic mass is 10.1. The standard InChI is InChI=1S/C11H17N3O2/c1-8(2)4-6-16-10-7-9(3-5-13-10)11(12)14-15/h3,5,7-8,15H,4,6H2,1-2H3,(H2,12,14). The molecule has 0 bridgehead atoms. The fourth-order valence-electron chi connectivity index (χ4n) is 1.10. The number of hydrogen-bond acceptors (Lipinski definition) is 4. The lowest BCUT2D eigenvalue weighted by molar-refractivity contribution is 0.279. The summed E-state index contributed by atoms with van der Waals surface area (Å²) >= 11 is 0. The summed E-state index contributed by atoms with van der Waals surface area (Å²) in [5.41, 5.74) is 6.05. The van der Waals surface area contributed by atoms with Gasteiger partial charge in [-0.25, -0.2) is 4.98 Å². The van der Waals surface area contributed by atoms with Gasteiger partial charge in [0.1, 0.15) is 0 Å². The van der Waals surface area contributed by atoms with Crippen molar-refractivity contribution in [3.63, 3.8) is 0 Å². The number of ether oxygens (including phenoxy) is 1. The van der Waals surface area contributed by atoms with Crippen LogP contribution in [0.3, 0.4) is 0 Å². The van der Waals surface area contributed by atoms with Gasteiger partial charge >= 0.3 is 0 Å². The molecule has 0 spiro atoms. The molecule has 1 heterocycles.